The van der Waals surface area contributed by atoms with Gasteiger partial charge in [0, 0.05) is 18.2 Å². The van der Waals surface area contributed by atoms with Gasteiger partial charge in [-0.15, -0.1) is 0 Å². The zero-order valence-electron chi connectivity index (χ0n) is 14.2. The number of oxazole rings is 1. The van der Waals surface area contributed by atoms with Gasteiger partial charge in [-0.05, 0) is 39.5 Å². The minimum absolute atomic E-state index is 0.0734. The molecule has 1 saturated heterocycles. The number of amides is 1. The lowest BCUT2D eigenvalue weighted by Crippen LogP contribution is -2.33. The van der Waals surface area contributed by atoms with Crippen molar-refractivity contribution in [2.45, 2.75) is 51.7 Å². The summed E-state index contributed by atoms with van der Waals surface area (Å²) in [5, 5.41) is 3.01. The number of rotatable bonds is 6. The third kappa shape index (κ3) is 4.03. The van der Waals surface area contributed by atoms with Crippen molar-refractivity contribution in [3.8, 4) is 11.3 Å². The predicted molar refractivity (Wildman–Crippen MR) is 91.8 cm³/mol. The smallest absolute Gasteiger partial charge is 0.274 e. The lowest BCUT2D eigenvalue weighted by molar-refractivity contribution is 0.0896. The Morgan fingerprint density at radius 1 is 1.38 bits per heavy atom. The lowest BCUT2D eigenvalue weighted by atomic mass is 10.1. The van der Waals surface area contributed by atoms with Crippen LogP contribution in [-0.4, -0.2) is 29.6 Å². The van der Waals surface area contributed by atoms with E-state index in [2.05, 4.69) is 10.3 Å². The molecular formula is C19H24N2O3. The zero-order chi connectivity index (χ0) is 16.9. The van der Waals surface area contributed by atoms with E-state index in [-0.39, 0.29) is 11.9 Å². The SMILES string of the molecule is Cc1ccc(-c2ocnc2C(=O)N[C@H](C)CC[C@@H]2CCCO2)cc1. The summed E-state index contributed by atoms with van der Waals surface area (Å²) in [6, 6.07) is 7.93. The summed E-state index contributed by atoms with van der Waals surface area (Å²) in [6.07, 6.45) is 5.81. The molecule has 1 aliphatic heterocycles. The number of benzene rings is 1. The van der Waals surface area contributed by atoms with E-state index in [4.69, 9.17) is 9.15 Å². The number of ether oxygens (including phenoxy) is 1. The van der Waals surface area contributed by atoms with Gasteiger partial charge in [0.05, 0.1) is 6.10 Å². The van der Waals surface area contributed by atoms with Crippen molar-refractivity contribution in [1.82, 2.24) is 10.3 Å². The monoisotopic (exact) mass is 328 g/mol. The first-order chi connectivity index (χ1) is 11.6. The molecule has 1 N–H and O–H groups in total. The molecule has 1 aliphatic rings. The third-order valence-corrected chi connectivity index (χ3v) is 4.42. The van der Waals surface area contributed by atoms with Crippen LogP contribution in [-0.2, 0) is 4.74 Å². The second kappa shape index (κ2) is 7.62. The van der Waals surface area contributed by atoms with Crippen molar-refractivity contribution in [1.29, 1.82) is 0 Å². The Balaban J connectivity index is 1.60. The van der Waals surface area contributed by atoms with E-state index in [0.717, 1.165) is 43.4 Å². The average molecular weight is 328 g/mol. The maximum absolute atomic E-state index is 12.5. The minimum Gasteiger partial charge on any atom is -0.443 e. The molecule has 2 aromatic rings. The van der Waals surface area contributed by atoms with Crippen LogP contribution < -0.4 is 5.32 Å². The molecule has 2 heterocycles. The number of carbonyl (C=O) groups is 1. The number of hydrogen-bond donors (Lipinski definition) is 1. The van der Waals surface area contributed by atoms with E-state index in [1.807, 2.05) is 38.1 Å². The summed E-state index contributed by atoms with van der Waals surface area (Å²) < 4.78 is 11.1. The van der Waals surface area contributed by atoms with Crippen molar-refractivity contribution >= 4 is 5.91 Å². The average Bonchev–Trinajstić information content (AvgIpc) is 3.25. The fourth-order valence-corrected chi connectivity index (χ4v) is 2.99. The summed E-state index contributed by atoms with van der Waals surface area (Å²) in [7, 11) is 0. The second-order valence-electron chi connectivity index (χ2n) is 6.48. The van der Waals surface area contributed by atoms with Crippen LogP contribution in [0.3, 0.4) is 0 Å². The van der Waals surface area contributed by atoms with Gasteiger partial charge in [0.2, 0.25) is 0 Å². The largest absolute Gasteiger partial charge is 0.443 e. The van der Waals surface area contributed by atoms with Crippen molar-refractivity contribution in [3.63, 3.8) is 0 Å². The number of aryl methyl sites for hydroxylation is 1. The minimum atomic E-state index is -0.195. The van der Waals surface area contributed by atoms with Crippen LogP contribution >= 0.6 is 0 Å². The van der Waals surface area contributed by atoms with Gasteiger partial charge in [0.25, 0.3) is 5.91 Å². The molecule has 128 valence electrons. The van der Waals surface area contributed by atoms with Crippen LogP contribution in [0.2, 0.25) is 0 Å². The van der Waals surface area contributed by atoms with Crippen LogP contribution in [0, 0.1) is 6.92 Å². The molecule has 5 nitrogen and oxygen atoms in total. The molecule has 5 heteroatoms. The number of hydrogen-bond acceptors (Lipinski definition) is 4. The fourth-order valence-electron chi connectivity index (χ4n) is 2.99. The first-order valence-electron chi connectivity index (χ1n) is 8.56. The Bertz CT molecular complexity index is 672. The van der Waals surface area contributed by atoms with Gasteiger partial charge in [0.15, 0.2) is 17.8 Å². The summed E-state index contributed by atoms with van der Waals surface area (Å²) >= 11 is 0. The maximum Gasteiger partial charge on any atom is 0.274 e. The molecule has 0 aliphatic carbocycles. The molecule has 24 heavy (non-hydrogen) atoms. The van der Waals surface area contributed by atoms with Gasteiger partial charge >= 0.3 is 0 Å². The molecule has 0 unspecified atom stereocenters. The topological polar surface area (TPSA) is 64.4 Å². The summed E-state index contributed by atoms with van der Waals surface area (Å²) in [6.45, 7) is 4.90. The van der Waals surface area contributed by atoms with E-state index in [1.54, 1.807) is 0 Å². The molecular weight excluding hydrogens is 304 g/mol. The van der Waals surface area contributed by atoms with Crippen molar-refractivity contribution in [2.24, 2.45) is 0 Å². The Hall–Kier alpha value is -2.14. The first-order valence-corrected chi connectivity index (χ1v) is 8.56. The van der Waals surface area contributed by atoms with Crippen LogP contribution in [0.25, 0.3) is 11.3 Å². The normalized spacial score (nSPS) is 18.5. The Morgan fingerprint density at radius 3 is 2.88 bits per heavy atom. The van der Waals surface area contributed by atoms with Gasteiger partial charge in [-0.3, -0.25) is 4.79 Å². The third-order valence-electron chi connectivity index (χ3n) is 4.42. The Kier molecular flexibility index (Phi) is 5.30. The maximum atomic E-state index is 12.5. The number of aromatic nitrogens is 1. The Morgan fingerprint density at radius 2 is 2.17 bits per heavy atom. The van der Waals surface area contributed by atoms with Gasteiger partial charge in [-0.1, -0.05) is 29.8 Å². The second-order valence-corrected chi connectivity index (χ2v) is 6.48. The van der Waals surface area contributed by atoms with E-state index in [1.165, 1.54) is 6.39 Å². The molecule has 0 saturated carbocycles. The van der Waals surface area contributed by atoms with Crippen molar-refractivity contribution in [2.75, 3.05) is 6.61 Å². The summed E-state index contributed by atoms with van der Waals surface area (Å²) in [4.78, 5) is 16.6. The standard InChI is InChI=1S/C19H24N2O3/c1-13-5-8-15(9-6-13)18-17(20-12-24-18)19(22)21-14(2)7-10-16-4-3-11-23-16/h5-6,8-9,12,14,16H,3-4,7,10-11H2,1-2H3,(H,21,22)/t14-,16+/m1/s1. The van der Waals surface area contributed by atoms with Crippen LogP contribution in [0.5, 0.6) is 0 Å². The molecule has 1 fully saturated rings. The highest BCUT2D eigenvalue weighted by Gasteiger charge is 2.21. The van der Waals surface area contributed by atoms with Crippen molar-refractivity contribution < 1.29 is 13.9 Å². The van der Waals surface area contributed by atoms with Crippen LogP contribution in [0.4, 0.5) is 0 Å². The van der Waals surface area contributed by atoms with Gasteiger partial charge in [0.1, 0.15) is 0 Å². The van der Waals surface area contributed by atoms with Crippen LogP contribution in [0.1, 0.15) is 48.7 Å². The molecule has 0 radical (unpaired) electrons. The van der Waals surface area contributed by atoms with Gasteiger partial charge in [-0.2, -0.15) is 0 Å². The molecule has 0 bridgehead atoms. The predicted octanol–water partition coefficient (Wildman–Crippen LogP) is 3.73. The molecule has 3 rings (SSSR count). The molecule has 2 atom stereocenters. The van der Waals surface area contributed by atoms with Gasteiger partial charge < -0.3 is 14.5 Å². The summed E-state index contributed by atoms with van der Waals surface area (Å²) in [5.74, 6) is 0.318. The van der Waals surface area contributed by atoms with Crippen molar-refractivity contribution in [3.05, 3.63) is 41.9 Å². The van der Waals surface area contributed by atoms with E-state index >= 15 is 0 Å². The first kappa shape index (κ1) is 16.7. The highest BCUT2D eigenvalue weighted by atomic mass is 16.5. The Labute approximate surface area is 142 Å². The lowest BCUT2D eigenvalue weighted by Gasteiger charge is -2.16. The van der Waals surface area contributed by atoms with E-state index in [0.29, 0.717) is 17.6 Å². The highest BCUT2D eigenvalue weighted by Crippen LogP contribution is 2.24. The molecule has 1 aromatic carbocycles. The van der Waals surface area contributed by atoms with E-state index < -0.39 is 0 Å². The number of nitrogens with zero attached hydrogens (tertiary/aromatic N) is 1. The fraction of sp³-hybridized carbons (Fsp3) is 0.474. The zero-order valence-corrected chi connectivity index (χ0v) is 14.2. The van der Waals surface area contributed by atoms with Gasteiger partial charge in [-0.25, -0.2) is 4.98 Å². The summed E-state index contributed by atoms with van der Waals surface area (Å²) in [5.41, 5.74) is 2.35. The van der Waals surface area contributed by atoms with E-state index in [9.17, 15) is 4.79 Å². The number of carbonyl (C=O) groups excluding carboxylic acids is 1. The molecule has 1 aromatic heterocycles. The quantitative estimate of drug-likeness (QED) is 0.877. The van der Waals surface area contributed by atoms with Crippen LogP contribution in [0.15, 0.2) is 35.1 Å². The molecule has 1 amide bonds. The highest BCUT2D eigenvalue weighted by molar-refractivity contribution is 5.97. The number of nitrogens with one attached hydrogen (secondary N) is 1. The molecule has 0 spiro atoms.